The fourth-order valence-corrected chi connectivity index (χ4v) is 3.20. The maximum absolute atomic E-state index is 11.0. The normalized spacial score (nSPS) is 15.9. The Balaban J connectivity index is 2.41. The van der Waals surface area contributed by atoms with Crippen molar-refractivity contribution in [1.29, 1.82) is 0 Å². The fourth-order valence-electron chi connectivity index (χ4n) is 1.87. The van der Waals surface area contributed by atoms with Crippen molar-refractivity contribution in [3.63, 3.8) is 0 Å². The second-order valence-electron chi connectivity index (χ2n) is 4.15. The van der Waals surface area contributed by atoms with Crippen LogP contribution in [0, 0.1) is 0 Å². The van der Waals surface area contributed by atoms with Gasteiger partial charge in [0, 0.05) is 21.3 Å². The molecule has 1 aliphatic rings. The van der Waals surface area contributed by atoms with Crippen LogP contribution in [-0.4, -0.2) is 15.5 Å². The predicted octanol–water partition coefficient (Wildman–Crippen LogP) is 3.29. The Morgan fingerprint density at radius 3 is 2.53 bits per heavy atom. The van der Waals surface area contributed by atoms with E-state index < -0.39 is 9.05 Å². The summed E-state index contributed by atoms with van der Waals surface area (Å²) in [6.45, 7) is 0. The van der Waals surface area contributed by atoms with Crippen molar-refractivity contribution in [2.24, 2.45) is 0 Å². The van der Waals surface area contributed by atoms with Crippen molar-refractivity contribution in [2.75, 3.05) is 7.11 Å². The molecule has 1 fully saturated rings. The molecule has 1 aromatic carbocycles. The number of benzene rings is 1. The van der Waals surface area contributed by atoms with Crippen LogP contribution in [0.3, 0.4) is 0 Å². The van der Waals surface area contributed by atoms with Crippen molar-refractivity contribution in [1.82, 2.24) is 0 Å². The number of hydrogen-bond acceptors (Lipinski definition) is 3. The first-order valence-corrected chi connectivity index (χ1v) is 8.05. The maximum atomic E-state index is 11.0. The summed E-state index contributed by atoms with van der Waals surface area (Å²) in [4.78, 5) is 0. The summed E-state index contributed by atoms with van der Waals surface area (Å²) in [5.41, 5.74) is 1.52. The van der Waals surface area contributed by atoms with Crippen molar-refractivity contribution >= 4 is 31.3 Å². The molecular formula is C11H12Cl2O3S. The summed E-state index contributed by atoms with van der Waals surface area (Å²) in [5.74, 6) is 0.852. The zero-order chi connectivity index (χ0) is 12.6. The van der Waals surface area contributed by atoms with E-state index in [1.807, 2.05) is 0 Å². The molecule has 0 aromatic heterocycles. The number of methoxy groups -OCH3 is 1. The zero-order valence-corrected chi connectivity index (χ0v) is 11.6. The van der Waals surface area contributed by atoms with Gasteiger partial charge in [-0.2, -0.15) is 0 Å². The first kappa shape index (κ1) is 13.0. The van der Waals surface area contributed by atoms with Gasteiger partial charge in [-0.1, -0.05) is 11.6 Å². The van der Waals surface area contributed by atoms with Crippen LogP contribution in [-0.2, 0) is 14.8 Å². The molecule has 0 heterocycles. The van der Waals surface area contributed by atoms with Crippen molar-refractivity contribution < 1.29 is 13.2 Å². The standard InChI is InChI=1S/C11H12Cl2O3S/c1-16-10-5-7(6-17(13,14)15)4-9(12)11(10)8-2-3-8/h4-5,8H,2-3,6H2,1H3. The Labute approximate surface area is 110 Å². The highest BCUT2D eigenvalue weighted by molar-refractivity contribution is 8.13. The minimum Gasteiger partial charge on any atom is -0.496 e. The van der Waals surface area contributed by atoms with Gasteiger partial charge in [0.1, 0.15) is 5.75 Å². The third-order valence-corrected chi connectivity index (χ3v) is 4.01. The van der Waals surface area contributed by atoms with E-state index in [9.17, 15) is 8.42 Å². The highest BCUT2D eigenvalue weighted by Crippen LogP contribution is 2.48. The highest BCUT2D eigenvalue weighted by Gasteiger charge is 2.29. The van der Waals surface area contributed by atoms with Gasteiger partial charge in [0.2, 0.25) is 9.05 Å². The minimum atomic E-state index is -3.58. The summed E-state index contributed by atoms with van der Waals surface area (Å²) in [6.07, 6.45) is 2.20. The third-order valence-electron chi connectivity index (χ3n) is 2.70. The molecule has 1 aromatic rings. The minimum absolute atomic E-state index is 0.240. The average Bonchev–Trinajstić information content (AvgIpc) is 2.97. The van der Waals surface area contributed by atoms with Crippen molar-refractivity contribution in [3.8, 4) is 5.75 Å². The lowest BCUT2D eigenvalue weighted by molar-refractivity contribution is 0.409. The number of ether oxygens (including phenoxy) is 1. The molecule has 94 valence electrons. The van der Waals surface area contributed by atoms with E-state index in [-0.39, 0.29) is 5.75 Å². The van der Waals surface area contributed by atoms with E-state index in [0.717, 1.165) is 18.4 Å². The summed E-state index contributed by atoms with van der Waals surface area (Å²) < 4.78 is 27.3. The average molecular weight is 295 g/mol. The molecule has 0 N–H and O–H groups in total. The van der Waals surface area contributed by atoms with E-state index in [1.54, 1.807) is 19.2 Å². The summed E-state index contributed by atoms with van der Waals surface area (Å²) in [5, 5.41) is 0.558. The van der Waals surface area contributed by atoms with Crippen LogP contribution in [0.15, 0.2) is 12.1 Å². The van der Waals surface area contributed by atoms with Gasteiger partial charge in [-0.25, -0.2) is 8.42 Å². The molecule has 1 saturated carbocycles. The monoisotopic (exact) mass is 294 g/mol. The molecule has 0 saturated heterocycles. The summed E-state index contributed by atoms with van der Waals surface area (Å²) in [6, 6.07) is 3.34. The Morgan fingerprint density at radius 2 is 2.06 bits per heavy atom. The van der Waals surface area contributed by atoms with Gasteiger partial charge < -0.3 is 4.74 Å². The van der Waals surface area contributed by atoms with Crippen molar-refractivity contribution in [2.45, 2.75) is 24.5 Å². The Hall–Kier alpha value is -0.450. The Bertz CT molecular complexity index is 536. The Morgan fingerprint density at radius 1 is 1.41 bits per heavy atom. The topological polar surface area (TPSA) is 43.4 Å². The van der Waals surface area contributed by atoms with Gasteiger partial charge in [-0.15, -0.1) is 0 Å². The highest BCUT2D eigenvalue weighted by atomic mass is 35.7. The van der Waals surface area contributed by atoms with Crippen molar-refractivity contribution in [3.05, 3.63) is 28.3 Å². The molecule has 0 aliphatic heterocycles. The quantitative estimate of drug-likeness (QED) is 0.800. The molecule has 6 heteroatoms. The van der Waals surface area contributed by atoms with Gasteiger partial charge in [0.05, 0.1) is 12.9 Å². The Kier molecular flexibility index (Phi) is 3.57. The molecule has 0 radical (unpaired) electrons. The third kappa shape index (κ3) is 3.27. The van der Waals surface area contributed by atoms with Crippen LogP contribution in [0.4, 0.5) is 0 Å². The molecule has 0 unspecified atom stereocenters. The molecule has 0 amide bonds. The van der Waals surface area contributed by atoms with Crippen LogP contribution in [0.25, 0.3) is 0 Å². The van der Waals surface area contributed by atoms with Gasteiger partial charge in [-0.3, -0.25) is 0 Å². The van der Waals surface area contributed by atoms with E-state index >= 15 is 0 Å². The van der Waals surface area contributed by atoms with Gasteiger partial charge in [-0.05, 0) is 36.5 Å². The molecule has 2 rings (SSSR count). The number of rotatable bonds is 4. The van der Waals surface area contributed by atoms with Crippen LogP contribution < -0.4 is 4.74 Å². The second kappa shape index (κ2) is 4.67. The molecule has 0 atom stereocenters. The molecule has 17 heavy (non-hydrogen) atoms. The molecular weight excluding hydrogens is 283 g/mol. The number of hydrogen-bond donors (Lipinski definition) is 0. The molecule has 0 spiro atoms. The zero-order valence-electron chi connectivity index (χ0n) is 9.24. The fraction of sp³-hybridized carbons (Fsp3) is 0.455. The predicted molar refractivity (Wildman–Crippen MR) is 68.5 cm³/mol. The van der Waals surface area contributed by atoms with E-state index in [1.165, 1.54) is 0 Å². The van der Waals surface area contributed by atoms with Crippen LogP contribution in [0.2, 0.25) is 5.02 Å². The second-order valence-corrected chi connectivity index (χ2v) is 7.34. The lowest BCUT2D eigenvalue weighted by atomic mass is 10.1. The summed E-state index contributed by atoms with van der Waals surface area (Å²) >= 11 is 6.16. The maximum Gasteiger partial charge on any atom is 0.236 e. The van der Waals surface area contributed by atoms with Crippen LogP contribution >= 0.6 is 22.3 Å². The SMILES string of the molecule is COc1cc(CS(=O)(=O)Cl)cc(Cl)c1C1CC1. The first-order chi connectivity index (χ1) is 7.90. The molecule has 3 nitrogen and oxygen atoms in total. The van der Waals surface area contributed by atoms with Crippen LogP contribution in [0.5, 0.6) is 5.75 Å². The largest absolute Gasteiger partial charge is 0.496 e. The molecule has 1 aliphatic carbocycles. The van der Waals surface area contributed by atoms with Gasteiger partial charge in [0.25, 0.3) is 0 Å². The first-order valence-electron chi connectivity index (χ1n) is 5.19. The van der Waals surface area contributed by atoms with E-state index in [4.69, 9.17) is 27.0 Å². The summed E-state index contributed by atoms with van der Waals surface area (Å²) in [7, 11) is 3.19. The van der Waals surface area contributed by atoms with Crippen LogP contribution in [0.1, 0.15) is 29.9 Å². The van der Waals surface area contributed by atoms with E-state index in [0.29, 0.717) is 22.3 Å². The lowest BCUT2D eigenvalue weighted by Crippen LogP contribution is -1.98. The lowest BCUT2D eigenvalue weighted by Gasteiger charge is -2.11. The number of halogens is 2. The van der Waals surface area contributed by atoms with Gasteiger partial charge in [0.15, 0.2) is 0 Å². The molecule has 0 bridgehead atoms. The van der Waals surface area contributed by atoms with Gasteiger partial charge >= 0.3 is 0 Å². The van der Waals surface area contributed by atoms with E-state index in [2.05, 4.69) is 0 Å². The smallest absolute Gasteiger partial charge is 0.236 e.